The third-order valence-corrected chi connectivity index (χ3v) is 6.43. The third-order valence-electron chi connectivity index (χ3n) is 5.00. The van der Waals surface area contributed by atoms with E-state index in [1.807, 2.05) is 6.92 Å². The summed E-state index contributed by atoms with van der Waals surface area (Å²) in [5, 5.41) is 18.6. The lowest BCUT2D eigenvalue weighted by Gasteiger charge is -2.18. The van der Waals surface area contributed by atoms with Crippen LogP contribution in [0.1, 0.15) is 29.2 Å². The van der Waals surface area contributed by atoms with Crippen LogP contribution >= 0.6 is 0 Å². The molecule has 0 fully saturated rings. The Kier molecular flexibility index (Phi) is 5.72. The quantitative estimate of drug-likeness (QED) is 0.482. The molecule has 3 rings (SSSR count). The van der Waals surface area contributed by atoms with Crippen molar-refractivity contribution in [1.29, 1.82) is 0 Å². The van der Waals surface area contributed by atoms with Gasteiger partial charge >= 0.3 is 17.7 Å². The lowest BCUT2D eigenvalue weighted by Crippen LogP contribution is -2.54. The molecule has 1 aliphatic heterocycles. The molecule has 0 aliphatic carbocycles. The third kappa shape index (κ3) is 4.08. The molecule has 9 nitrogen and oxygen atoms in total. The molecule has 1 heterocycles. The monoisotopic (exact) mass is 450 g/mol. The van der Waals surface area contributed by atoms with Crippen molar-refractivity contribution < 1.29 is 41.9 Å². The van der Waals surface area contributed by atoms with Crippen molar-refractivity contribution in [2.45, 2.75) is 50.9 Å². The van der Waals surface area contributed by atoms with Gasteiger partial charge in [0, 0.05) is 6.42 Å². The Morgan fingerprint density at radius 3 is 2.19 bits per heavy atom. The smallest absolute Gasteiger partial charge is 0.453 e. The number of hydrogen-bond donors (Lipinski definition) is 2. The maximum atomic E-state index is 12.5. The Morgan fingerprint density at radius 1 is 1.06 bits per heavy atom. The van der Waals surface area contributed by atoms with E-state index in [2.05, 4.69) is 0 Å². The number of carbonyl (C=O) groups is 2. The van der Waals surface area contributed by atoms with Crippen LogP contribution in [0.5, 0.6) is 11.5 Å². The Hall–Kier alpha value is -3.11. The number of ether oxygens (including phenoxy) is 2. The van der Waals surface area contributed by atoms with Crippen LogP contribution in [-0.4, -0.2) is 42.5 Å². The van der Waals surface area contributed by atoms with Gasteiger partial charge < -0.3 is 19.7 Å². The predicted molar refractivity (Wildman–Crippen MR) is 108 cm³/mol. The summed E-state index contributed by atoms with van der Waals surface area (Å²) in [7, 11) is -3.99. The fraction of sp³-hybridized carbons (Fsp3) is 0.333. The maximum Gasteiger partial charge on any atom is 0.453 e. The van der Waals surface area contributed by atoms with Crippen LogP contribution in [-0.2, 0) is 30.3 Å². The Balaban J connectivity index is 1.86. The summed E-state index contributed by atoms with van der Waals surface area (Å²) in [6.07, 6.45) is -0.597. The molecule has 2 aromatic carbocycles. The summed E-state index contributed by atoms with van der Waals surface area (Å²) in [6.45, 7) is 6.77. The summed E-state index contributed by atoms with van der Waals surface area (Å²) >= 11 is 0. The summed E-state index contributed by atoms with van der Waals surface area (Å²) in [4.78, 5) is 23.0. The van der Waals surface area contributed by atoms with E-state index < -0.39 is 33.9 Å². The normalized spacial score (nSPS) is 15.5. The van der Waals surface area contributed by atoms with E-state index in [-0.39, 0.29) is 22.8 Å². The van der Waals surface area contributed by atoms with Gasteiger partial charge in [-0.25, -0.2) is 9.59 Å². The molecule has 0 aromatic heterocycles. The Bertz CT molecular complexity index is 1140. The average Bonchev–Trinajstić information content (AvgIpc) is 3.06. The Labute approximate surface area is 179 Å². The number of rotatable bonds is 7. The van der Waals surface area contributed by atoms with Gasteiger partial charge in [0.15, 0.2) is 11.5 Å². The number of aliphatic carboxylic acids is 2. The topological polar surface area (TPSA) is 136 Å². The van der Waals surface area contributed by atoms with E-state index in [1.165, 1.54) is 18.2 Å². The SMILES string of the molecule is Cc1ccc(S(=O)(=O)O[C@@H](C)Cc2c(C)cc3c(c2C)OC(C(=O)O)(C(=O)O)O3)cc1. The number of hydrogen-bond acceptors (Lipinski definition) is 7. The summed E-state index contributed by atoms with van der Waals surface area (Å²) in [5.74, 6) is -6.48. The van der Waals surface area contributed by atoms with E-state index in [1.54, 1.807) is 32.9 Å². The molecular formula is C21H22O9S. The molecular weight excluding hydrogens is 428 g/mol. The molecule has 0 radical (unpaired) electrons. The van der Waals surface area contributed by atoms with E-state index >= 15 is 0 Å². The zero-order chi connectivity index (χ0) is 23.1. The van der Waals surface area contributed by atoms with Crippen molar-refractivity contribution in [3.63, 3.8) is 0 Å². The van der Waals surface area contributed by atoms with Gasteiger partial charge in [-0.2, -0.15) is 8.42 Å². The molecule has 0 unspecified atom stereocenters. The molecule has 2 aromatic rings. The van der Waals surface area contributed by atoms with Crippen LogP contribution in [0.15, 0.2) is 35.2 Å². The summed E-state index contributed by atoms with van der Waals surface area (Å²) in [6, 6.07) is 7.73. The minimum atomic E-state index is -3.99. The van der Waals surface area contributed by atoms with Crippen molar-refractivity contribution in [3.8, 4) is 11.5 Å². The van der Waals surface area contributed by atoms with Crippen LogP contribution in [0.2, 0.25) is 0 Å². The van der Waals surface area contributed by atoms with E-state index in [9.17, 15) is 28.2 Å². The number of carboxylic acid groups (broad SMARTS) is 2. The van der Waals surface area contributed by atoms with Crippen molar-refractivity contribution in [3.05, 3.63) is 52.6 Å². The zero-order valence-electron chi connectivity index (χ0n) is 17.3. The Morgan fingerprint density at radius 2 is 1.65 bits per heavy atom. The van der Waals surface area contributed by atoms with Crippen LogP contribution in [0, 0.1) is 20.8 Å². The predicted octanol–water partition coefficient (Wildman–Crippen LogP) is 2.59. The first-order chi connectivity index (χ1) is 14.4. The molecule has 0 spiro atoms. The van der Waals surface area contributed by atoms with Crippen LogP contribution in [0.4, 0.5) is 0 Å². The highest BCUT2D eigenvalue weighted by Gasteiger charge is 2.58. The van der Waals surface area contributed by atoms with Gasteiger partial charge in [0.05, 0.1) is 11.0 Å². The molecule has 10 heteroatoms. The van der Waals surface area contributed by atoms with E-state index in [4.69, 9.17) is 13.7 Å². The maximum absolute atomic E-state index is 12.5. The van der Waals surface area contributed by atoms with Gasteiger partial charge in [-0.3, -0.25) is 4.18 Å². The van der Waals surface area contributed by atoms with Crippen LogP contribution in [0.25, 0.3) is 0 Å². The fourth-order valence-corrected chi connectivity index (χ4v) is 4.45. The molecule has 0 bridgehead atoms. The molecule has 31 heavy (non-hydrogen) atoms. The minimum absolute atomic E-state index is 0.00982. The van der Waals surface area contributed by atoms with Gasteiger partial charge in [-0.1, -0.05) is 17.7 Å². The highest BCUT2D eigenvalue weighted by molar-refractivity contribution is 7.86. The molecule has 0 amide bonds. The highest BCUT2D eigenvalue weighted by Crippen LogP contribution is 2.45. The minimum Gasteiger partial charge on any atom is -0.475 e. The van der Waals surface area contributed by atoms with E-state index in [0.29, 0.717) is 16.7 Å². The number of benzene rings is 2. The molecule has 1 atom stereocenters. The lowest BCUT2D eigenvalue weighted by atomic mass is 9.96. The van der Waals surface area contributed by atoms with E-state index in [0.717, 1.165) is 5.56 Å². The summed E-state index contributed by atoms with van der Waals surface area (Å²) in [5.41, 5.74) is 2.65. The van der Waals surface area contributed by atoms with Gasteiger partial charge in [0.25, 0.3) is 10.1 Å². The molecule has 166 valence electrons. The number of aryl methyl sites for hydroxylation is 2. The van der Waals surface area contributed by atoms with Gasteiger partial charge in [0.2, 0.25) is 0 Å². The molecule has 1 aliphatic rings. The second-order valence-electron chi connectivity index (χ2n) is 7.43. The van der Waals surface area contributed by atoms with Gasteiger partial charge in [-0.05, 0) is 62.6 Å². The second kappa shape index (κ2) is 7.86. The standard InChI is InChI=1S/C21H22O9S/c1-11-5-7-15(8-6-11)31(26,27)30-13(3)10-16-12(2)9-17-18(14(16)4)29-21(28-17,19(22)23)20(24)25/h5-9,13H,10H2,1-4H3,(H,22,23)(H,24,25)/t13-/m0/s1. The zero-order valence-corrected chi connectivity index (χ0v) is 18.1. The summed E-state index contributed by atoms with van der Waals surface area (Å²) < 4.78 is 40.8. The highest BCUT2D eigenvalue weighted by atomic mass is 32.2. The first-order valence-electron chi connectivity index (χ1n) is 9.35. The van der Waals surface area contributed by atoms with Crippen molar-refractivity contribution in [2.24, 2.45) is 0 Å². The second-order valence-corrected chi connectivity index (χ2v) is 9.01. The molecule has 2 N–H and O–H groups in total. The van der Waals surface area contributed by atoms with Crippen molar-refractivity contribution in [1.82, 2.24) is 0 Å². The van der Waals surface area contributed by atoms with Crippen LogP contribution < -0.4 is 9.47 Å². The van der Waals surface area contributed by atoms with Gasteiger partial charge in [-0.15, -0.1) is 0 Å². The molecule has 0 saturated carbocycles. The van der Waals surface area contributed by atoms with Crippen molar-refractivity contribution >= 4 is 22.1 Å². The fourth-order valence-electron chi connectivity index (χ4n) is 3.37. The number of carboxylic acids is 2. The van der Waals surface area contributed by atoms with Gasteiger partial charge in [0.1, 0.15) is 0 Å². The van der Waals surface area contributed by atoms with Crippen LogP contribution in [0.3, 0.4) is 0 Å². The van der Waals surface area contributed by atoms with Crippen molar-refractivity contribution in [2.75, 3.05) is 0 Å². The first-order valence-corrected chi connectivity index (χ1v) is 10.8. The number of fused-ring (bicyclic) bond motifs is 1. The largest absolute Gasteiger partial charge is 0.475 e. The lowest BCUT2D eigenvalue weighted by molar-refractivity contribution is -0.194. The average molecular weight is 450 g/mol. The first kappa shape index (κ1) is 22.6. The molecule has 0 saturated heterocycles.